The highest BCUT2D eigenvalue weighted by molar-refractivity contribution is 5.78. The average Bonchev–Trinajstić information content (AvgIpc) is 2.84. The standard InChI is InChI=1S/C12H16N4O/c13-8-2-1-3-9(8)14-7-4-5-10-11(6-7)16-12(17)15-10/h4-6,8-9,14H,1-3,13H2,(H2,15,16,17). The molecule has 1 saturated carbocycles. The summed E-state index contributed by atoms with van der Waals surface area (Å²) in [5, 5.41) is 3.43. The molecular formula is C12H16N4O. The van der Waals surface area contributed by atoms with Crippen molar-refractivity contribution in [2.24, 2.45) is 5.73 Å². The molecule has 2 aromatic rings. The van der Waals surface area contributed by atoms with Gasteiger partial charge in [-0.2, -0.15) is 0 Å². The van der Waals surface area contributed by atoms with E-state index in [-0.39, 0.29) is 11.7 Å². The molecule has 17 heavy (non-hydrogen) atoms. The van der Waals surface area contributed by atoms with Gasteiger partial charge in [-0.1, -0.05) is 0 Å². The molecule has 0 amide bonds. The van der Waals surface area contributed by atoms with E-state index in [1.807, 2.05) is 18.2 Å². The van der Waals surface area contributed by atoms with Crippen LogP contribution in [0.1, 0.15) is 19.3 Å². The quantitative estimate of drug-likeness (QED) is 0.626. The minimum atomic E-state index is -0.172. The second-order valence-electron chi connectivity index (χ2n) is 4.69. The minimum Gasteiger partial charge on any atom is -0.381 e. The van der Waals surface area contributed by atoms with Crippen LogP contribution in [0.3, 0.4) is 0 Å². The van der Waals surface area contributed by atoms with Gasteiger partial charge >= 0.3 is 5.69 Å². The molecule has 5 heteroatoms. The highest BCUT2D eigenvalue weighted by Gasteiger charge is 2.23. The van der Waals surface area contributed by atoms with E-state index in [0.29, 0.717) is 6.04 Å². The van der Waals surface area contributed by atoms with Gasteiger partial charge in [0.2, 0.25) is 0 Å². The van der Waals surface area contributed by atoms with Crippen molar-refractivity contribution >= 4 is 16.7 Å². The third-order valence-corrected chi connectivity index (χ3v) is 3.44. The molecule has 1 aliphatic carbocycles. The van der Waals surface area contributed by atoms with Gasteiger partial charge in [-0.3, -0.25) is 0 Å². The van der Waals surface area contributed by atoms with Gasteiger partial charge < -0.3 is 21.0 Å². The fraction of sp³-hybridized carbons (Fsp3) is 0.417. The van der Waals surface area contributed by atoms with E-state index in [9.17, 15) is 4.79 Å². The molecule has 0 spiro atoms. The van der Waals surface area contributed by atoms with E-state index in [1.165, 1.54) is 6.42 Å². The first kappa shape index (κ1) is 10.4. The van der Waals surface area contributed by atoms with Gasteiger partial charge in [0, 0.05) is 17.8 Å². The molecule has 1 aromatic heterocycles. The van der Waals surface area contributed by atoms with Crippen LogP contribution >= 0.6 is 0 Å². The third kappa shape index (κ3) is 1.93. The molecule has 2 atom stereocenters. The molecule has 1 aromatic carbocycles. The number of imidazole rings is 1. The van der Waals surface area contributed by atoms with E-state index in [0.717, 1.165) is 29.6 Å². The number of nitrogens with two attached hydrogens (primary N) is 1. The highest BCUT2D eigenvalue weighted by Crippen LogP contribution is 2.23. The Hall–Kier alpha value is -1.75. The lowest BCUT2D eigenvalue weighted by atomic mass is 10.1. The van der Waals surface area contributed by atoms with Crippen molar-refractivity contribution in [3.05, 3.63) is 28.7 Å². The normalized spacial score (nSPS) is 24.3. The molecule has 0 radical (unpaired) electrons. The van der Waals surface area contributed by atoms with Crippen molar-refractivity contribution in [2.75, 3.05) is 5.32 Å². The van der Waals surface area contributed by atoms with Crippen molar-refractivity contribution < 1.29 is 0 Å². The van der Waals surface area contributed by atoms with Crippen LogP contribution in [-0.4, -0.2) is 22.1 Å². The van der Waals surface area contributed by atoms with Gasteiger partial charge in [0.05, 0.1) is 11.0 Å². The molecule has 1 heterocycles. The second-order valence-corrected chi connectivity index (χ2v) is 4.69. The molecule has 1 aliphatic rings. The molecular weight excluding hydrogens is 216 g/mol. The zero-order valence-corrected chi connectivity index (χ0v) is 9.49. The maximum atomic E-state index is 11.1. The van der Waals surface area contributed by atoms with Crippen LogP contribution in [0.2, 0.25) is 0 Å². The Labute approximate surface area is 98.4 Å². The monoisotopic (exact) mass is 232 g/mol. The number of aromatic amines is 2. The van der Waals surface area contributed by atoms with Crippen molar-refractivity contribution in [1.29, 1.82) is 0 Å². The molecule has 5 nitrogen and oxygen atoms in total. The van der Waals surface area contributed by atoms with E-state index in [2.05, 4.69) is 15.3 Å². The summed E-state index contributed by atoms with van der Waals surface area (Å²) in [5.74, 6) is 0. The molecule has 1 fully saturated rings. The summed E-state index contributed by atoms with van der Waals surface area (Å²) in [6.45, 7) is 0. The maximum absolute atomic E-state index is 11.1. The Bertz CT molecular complexity index is 585. The van der Waals surface area contributed by atoms with Crippen molar-refractivity contribution in [3.8, 4) is 0 Å². The summed E-state index contributed by atoms with van der Waals surface area (Å²) in [7, 11) is 0. The van der Waals surface area contributed by atoms with Gasteiger partial charge in [-0.15, -0.1) is 0 Å². The first-order valence-electron chi connectivity index (χ1n) is 5.96. The summed E-state index contributed by atoms with van der Waals surface area (Å²) in [5.41, 5.74) is 8.51. The van der Waals surface area contributed by atoms with Crippen LogP contribution < -0.4 is 16.7 Å². The van der Waals surface area contributed by atoms with Crippen molar-refractivity contribution in [2.45, 2.75) is 31.3 Å². The minimum absolute atomic E-state index is 0.172. The number of fused-ring (bicyclic) bond motifs is 1. The third-order valence-electron chi connectivity index (χ3n) is 3.44. The van der Waals surface area contributed by atoms with Gasteiger partial charge in [-0.25, -0.2) is 4.79 Å². The predicted molar refractivity (Wildman–Crippen MR) is 68.2 cm³/mol. The van der Waals surface area contributed by atoms with Gasteiger partial charge in [0.1, 0.15) is 0 Å². The van der Waals surface area contributed by atoms with E-state index < -0.39 is 0 Å². The Morgan fingerprint density at radius 1 is 1.24 bits per heavy atom. The van der Waals surface area contributed by atoms with Crippen LogP contribution in [-0.2, 0) is 0 Å². The number of H-pyrrole nitrogens is 2. The summed E-state index contributed by atoms with van der Waals surface area (Å²) in [4.78, 5) is 16.6. The molecule has 5 N–H and O–H groups in total. The second kappa shape index (κ2) is 3.92. The maximum Gasteiger partial charge on any atom is 0.323 e. The fourth-order valence-electron chi connectivity index (χ4n) is 2.50. The van der Waals surface area contributed by atoms with Crippen LogP contribution in [0.4, 0.5) is 5.69 Å². The molecule has 3 rings (SSSR count). The predicted octanol–water partition coefficient (Wildman–Crippen LogP) is 1.15. The molecule has 0 bridgehead atoms. The Kier molecular flexibility index (Phi) is 2.40. The summed E-state index contributed by atoms with van der Waals surface area (Å²) >= 11 is 0. The Morgan fingerprint density at radius 2 is 2.06 bits per heavy atom. The highest BCUT2D eigenvalue weighted by atomic mass is 16.1. The first-order chi connectivity index (χ1) is 8.22. The first-order valence-corrected chi connectivity index (χ1v) is 5.96. The van der Waals surface area contributed by atoms with E-state index in [4.69, 9.17) is 5.73 Å². The zero-order chi connectivity index (χ0) is 11.8. The van der Waals surface area contributed by atoms with Crippen LogP contribution in [0, 0.1) is 0 Å². The molecule has 90 valence electrons. The van der Waals surface area contributed by atoms with E-state index in [1.54, 1.807) is 0 Å². The molecule has 0 saturated heterocycles. The lowest BCUT2D eigenvalue weighted by Gasteiger charge is -2.18. The fourth-order valence-corrected chi connectivity index (χ4v) is 2.50. The van der Waals surface area contributed by atoms with Crippen molar-refractivity contribution in [3.63, 3.8) is 0 Å². The lowest BCUT2D eigenvalue weighted by Crippen LogP contribution is -2.35. The van der Waals surface area contributed by atoms with Crippen LogP contribution in [0.25, 0.3) is 11.0 Å². The van der Waals surface area contributed by atoms with Gasteiger partial charge in [-0.05, 0) is 37.5 Å². The smallest absolute Gasteiger partial charge is 0.323 e. The van der Waals surface area contributed by atoms with Crippen molar-refractivity contribution in [1.82, 2.24) is 9.97 Å². The number of hydrogen-bond acceptors (Lipinski definition) is 3. The number of hydrogen-bond donors (Lipinski definition) is 4. The Morgan fingerprint density at radius 3 is 2.82 bits per heavy atom. The average molecular weight is 232 g/mol. The lowest BCUT2D eigenvalue weighted by molar-refractivity contribution is 0.638. The number of anilines is 1. The van der Waals surface area contributed by atoms with Crippen LogP contribution in [0.5, 0.6) is 0 Å². The topological polar surface area (TPSA) is 86.7 Å². The zero-order valence-electron chi connectivity index (χ0n) is 9.49. The van der Waals surface area contributed by atoms with E-state index >= 15 is 0 Å². The number of nitrogens with one attached hydrogen (secondary N) is 3. The summed E-state index contributed by atoms with van der Waals surface area (Å²) in [6.07, 6.45) is 3.38. The number of benzene rings is 1. The van der Waals surface area contributed by atoms with Crippen LogP contribution in [0.15, 0.2) is 23.0 Å². The van der Waals surface area contributed by atoms with Gasteiger partial charge in [0.15, 0.2) is 0 Å². The summed E-state index contributed by atoms with van der Waals surface area (Å²) in [6, 6.07) is 6.39. The SMILES string of the molecule is NC1CCCC1Nc1ccc2[nH]c(=O)[nH]c2c1. The number of rotatable bonds is 2. The number of aromatic nitrogens is 2. The summed E-state index contributed by atoms with van der Waals surface area (Å²) < 4.78 is 0. The Balaban J connectivity index is 1.87. The van der Waals surface area contributed by atoms with Gasteiger partial charge in [0.25, 0.3) is 0 Å². The largest absolute Gasteiger partial charge is 0.381 e. The molecule has 2 unspecified atom stereocenters. The molecule has 0 aliphatic heterocycles.